The Hall–Kier alpha value is -1.05. The van der Waals surface area contributed by atoms with Crippen molar-refractivity contribution in [1.82, 2.24) is 0 Å². The molecule has 0 unspecified atom stereocenters. The van der Waals surface area contributed by atoms with Crippen molar-refractivity contribution in [1.29, 1.82) is 0 Å². The van der Waals surface area contributed by atoms with E-state index in [0.29, 0.717) is 0 Å². The zero-order chi connectivity index (χ0) is 9.14. The van der Waals surface area contributed by atoms with Gasteiger partial charge >= 0.3 is 0 Å². The molecule has 0 atom stereocenters. The second kappa shape index (κ2) is 3.57. The van der Waals surface area contributed by atoms with E-state index in [2.05, 4.69) is 0 Å². The molecule has 66 valence electrons. The Kier molecular flexibility index (Phi) is 2.69. The molecule has 1 aromatic rings. The number of hydrogen-bond donors (Lipinski definition) is 0. The largest absolute Gasteiger partial charge is 0.465 e. The summed E-state index contributed by atoms with van der Waals surface area (Å²) >= 11 is 0. The molecular formula is C10H14O2. The van der Waals surface area contributed by atoms with E-state index in [9.17, 15) is 4.79 Å². The van der Waals surface area contributed by atoms with Gasteiger partial charge in [-0.25, -0.2) is 0 Å². The molecule has 0 bridgehead atoms. The zero-order valence-corrected chi connectivity index (χ0v) is 7.81. The van der Waals surface area contributed by atoms with Crippen LogP contribution in [0.15, 0.2) is 10.5 Å². The van der Waals surface area contributed by atoms with Gasteiger partial charge in [-0.3, -0.25) is 4.79 Å². The number of Topliss-reactive ketones (excluding diaryl/α,β-unsaturated/α-hetero) is 1. The van der Waals surface area contributed by atoms with Gasteiger partial charge < -0.3 is 4.42 Å². The number of carbonyl (C=O) groups excluding carboxylic acids is 1. The molecular weight excluding hydrogens is 152 g/mol. The highest BCUT2D eigenvalue weighted by atomic mass is 16.3. The molecule has 1 rings (SSSR count). The van der Waals surface area contributed by atoms with Gasteiger partial charge in [0.1, 0.15) is 11.5 Å². The van der Waals surface area contributed by atoms with Crippen LogP contribution in [-0.2, 0) is 12.8 Å². The van der Waals surface area contributed by atoms with Gasteiger partial charge in [0.15, 0.2) is 5.78 Å². The number of ketones is 1. The number of furan rings is 1. The van der Waals surface area contributed by atoms with Gasteiger partial charge in [-0.1, -0.05) is 13.8 Å². The van der Waals surface area contributed by atoms with Crippen LogP contribution in [0, 0.1) is 0 Å². The van der Waals surface area contributed by atoms with Crippen LogP contribution < -0.4 is 0 Å². The van der Waals surface area contributed by atoms with E-state index in [1.165, 1.54) is 0 Å². The molecule has 0 saturated carbocycles. The summed E-state index contributed by atoms with van der Waals surface area (Å²) in [6.45, 7) is 5.58. The summed E-state index contributed by atoms with van der Waals surface area (Å²) in [5.74, 6) is 1.81. The standard InChI is InChI=1S/C10H14O2/c1-4-8-6-9(7(3)11)10(5-2)12-8/h6H,4-5H2,1-3H3. The van der Waals surface area contributed by atoms with E-state index < -0.39 is 0 Å². The van der Waals surface area contributed by atoms with Gasteiger partial charge in [0.05, 0.1) is 5.56 Å². The van der Waals surface area contributed by atoms with Gasteiger partial charge in [0, 0.05) is 12.8 Å². The molecule has 0 aliphatic heterocycles. The third-order valence-corrected chi connectivity index (χ3v) is 1.91. The second-order valence-corrected chi connectivity index (χ2v) is 2.81. The van der Waals surface area contributed by atoms with Crippen LogP contribution in [0.2, 0.25) is 0 Å². The van der Waals surface area contributed by atoms with E-state index in [-0.39, 0.29) is 5.78 Å². The Morgan fingerprint density at radius 2 is 2.08 bits per heavy atom. The summed E-state index contributed by atoms with van der Waals surface area (Å²) in [6.07, 6.45) is 1.63. The Bertz CT molecular complexity index is 284. The van der Waals surface area contributed by atoms with E-state index in [1.54, 1.807) is 6.92 Å². The van der Waals surface area contributed by atoms with Crippen LogP contribution in [0.4, 0.5) is 0 Å². The molecule has 0 radical (unpaired) electrons. The van der Waals surface area contributed by atoms with E-state index >= 15 is 0 Å². The topological polar surface area (TPSA) is 30.2 Å². The Labute approximate surface area is 72.6 Å². The molecule has 1 heterocycles. The van der Waals surface area contributed by atoms with Crippen molar-refractivity contribution < 1.29 is 9.21 Å². The highest BCUT2D eigenvalue weighted by molar-refractivity contribution is 5.95. The van der Waals surface area contributed by atoms with Crippen molar-refractivity contribution in [2.24, 2.45) is 0 Å². The molecule has 0 aromatic carbocycles. The third kappa shape index (κ3) is 1.58. The van der Waals surface area contributed by atoms with Crippen molar-refractivity contribution in [2.75, 3.05) is 0 Å². The molecule has 0 aliphatic carbocycles. The highest BCUT2D eigenvalue weighted by Gasteiger charge is 2.11. The number of rotatable bonds is 3. The maximum atomic E-state index is 11.1. The van der Waals surface area contributed by atoms with Gasteiger partial charge in [-0.15, -0.1) is 0 Å². The van der Waals surface area contributed by atoms with Gasteiger partial charge in [0.25, 0.3) is 0 Å². The lowest BCUT2D eigenvalue weighted by molar-refractivity contribution is 0.101. The van der Waals surface area contributed by atoms with Crippen molar-refractivity contribution >= 4 is 5.78 Å². The average Bonchev–Trinajstić information content (AvgIpc) is 2.47. The normalized spacial score (nSPS) is 10.2. The van der Waals surface area contributed by atoms with Gasteiger partial charge in [0.2, 0.25) is 0 Å². The number of hydrogen-bond acceptors (Lipinski definition) is 2. The minimum Gasteiger partial charge on any atom is -0.465 e. The Morgan fingerprint density at radius 1 is 1.42 bits per heavy atom. The average molecular weight is 166 g/mol. The van der Waals surface area contributed by atoms with Crippen molar-refractivity contribution in [3.63, 3.8) is 0 Å². The lowest BCUT2D eigenvalue weighted by Gasteiger charge is -1.91. The predicted octanol–water partition coefficient (Wildman–Crippen LogP) is 2.61. The first-order valence-electron chi connectivity index (χ1n) is 4.31. The molecule has 0 fully saturated rings. The maximum Gasteiger partial charge on any atom is 0.163 e. The second-order valence-electron chi connectivity index (χ2n) is 2.81. The summed E-state index contributed by atoms with van der Waals surface area (Å²) in [7, 11) is 0. The number of carbonyl (C=O) groups is 1. The van der Waals surface area contributed by atoms with Crippen LogP contribution >= 0.6 is 0 Å². The molecule has 0 aliphatic rings. The fourth-order valence-corrected chi connectivity index (χ4v) is 1.22. The van der Waals surface area contributed by atoms with Crippen molar-refractivity contribution in [3.8, 4) is 0 Å². The predicted molar refractivity (Wildman–Crippen MR) is 47.5 cm³/mol. The molecule has 12 heavy (non-hydrogen) atoms. The van der Waals surface area contributed by atoms with Crippen molar-refractivity contribution in [2.45, 2.75) is 33.6 Å². The lowest BCUT2D eigenvalue weighted by atomic mass is 10.1. The Balaban J connectivity index is 3.08. The smallest absolute Gasteiger partial charge is 0.163 e. The van der Waals surface area contributed by atoms with E-state index in [4.69, 9.17) is 4.42 Å². The van der Waals surface area contributed by atoms with Gasteiger partial charge in [-0.05, 0) is 13.0 Å². The molecule has 2 heteroatoms. The van der Waals surface area contributed by atoms with Crippen molar-refractivity contribution in [3.05, 3.63) is 23.2 Å². The molecule has 0 N–H and O–H groups in total. The quantitative estimate of drug-likeness (QED) is 0.646. The third-order valence-electron chi connectivity index (χ3n) is 1.91. The number of aryl methyl sites for hydroxylation is 2. The monoisotopic (exact) mass is 166 g/mol. The van der Waals surface area contributed by atoms with Crippen LogP contribution in [0.5, 0.6) is 0 Å². The fourth-order valence-electron chi connectivity index (χ4n) is 1.22. The van der Waals surface area contributed by atoms with E-state index in [1.807, 2.05) is 19.9 Å². The SMILES string of the molecule is CCc1cc(C(C)=O)c(CC)o1. The first kappa shape index (κ1) is 9.04. The maximum absolute atomic E-state index is 11.1. The van der Waals surface area contributed by atoms with E-state index in [0.717, 1.165) is 29.9 Å². The van der Waals surface area contributed by atoms with Crippen LogP contribution in [0.25, 0.3) is 0 Å². The molecule has 0 spiro atoms. The van der Waals surface area contributed by atoms with Gasteiger partial charge in [-0.2, -0.15) is 0 Å². The minimum atomic E-state index is 0.0929. The minimum absolute atomic E-state index is 0.0929. The van der Waals surface area contributed by atoms with Crippen LogP contribution in [0.3, 0.4) is 0 Å². The Morgan fingerprint density at radius 3 is 2.42 bits per heavy atom. The first-order chi connectivity index (χ1) is 5.69. The molecule has 1 aromatic heterocycles. The molecule has 0 saturated heterocycles. The summed E-state index contributed by atoms with van der Waals surface area (Å²) in [4.78, 5) is 11.1. The molecule has 0 amide bonds. The van der Waals surface area contributed by atoms with Crippen LogP contribution in [0.1, 0.15) is 42.6 Å². The highest BCUT2D eigenvalue weighted by Crippen LogP contribution is 2.17. The summed E-state index contributed by atoms with van der Waals surface area (Å²) < 4.78 is 5.45. The lowest BCUT2D eigenvalue weighted by Crippen LogP contribution is -1.93. The fraction of sp³-hybridized carbons (Fsp3) is 0.500. The summed E-state index contributed by atoms with van der Waals surface area (Å²) in [5, 5.41) is 0. The first-order valence-corrected chi connectivity index (χ1v) is 4.31. The molecule has 2 nitrogen and oxygen atoms in total. The zero-order valence-electron chi connectivity index (χ0n) is 7.81. The summed E-state index contributed by atoms with van der Waals surface area (Å²) in [5.41, 5.74) is 0.745. The van der Waals surface area contributed by atoms with Crippen LogP contribution in [-0.4, -0.2) is 5.78 Å². The summed E-state index contributed by atoms with van der Waals surface area (Å²) in [6, 6.07) is 1.85.